The van der Waals surface area contributed by atoms with E-state index in [1.165, 1.54) is 71.4 Å². The van der Waals surface area contributed by atoms with Crippen molar-refractivity contribution in [2.75, 3.05) is 6.54 Å². The third-order valence-electron chi connectivity index (χ3n) is 5.46. The van der Waals surface area contributed by atoms with E-state index < -0.39 is 41.2 Å². The van der Waals surface area contributed by atoms with Crippen molar-refractivity contribution >= 4 is 17.8 Å². The molecule has 0 fully saturated rings. The number of carboxylic acid groups (broad SMARTS) is 1. The van der Waals surface area contributed by atoms with Crippen molar-refractivity contribution in [2.24, 2.45) is 5.73 Å². The molecule has 11 heteroatoms. The first-order chi connectivity index (χ1) is 17.2. The second-order valence-electron chi connectivity index (χ2n) is 7.99. The van der Waals surface area contributed by atoms with Crippen molar-refractivity contribution in [3.63, 3.8) is 0 Å². The largest absolute Gasteiger partial charge is 0.480 e. The number of nitrogens with zero attached hydrogens (tertiary/aromatic N) is 1. The number of carbonyl (C=O) groups is 2. The summed E-state index contributed by atoms with van der Waals surface area (Å²) in [6, 6.07) is 11.5. The summed E-state index contributed by atoms with van der Waals surface area (Å²) >= 11 is 0. The zero-order chi connectivity index (χ0) is 26.2. The maximum absolute atomic E-state index is 13.6. The molecule has 1 aromatic heterocycles. The number of pyridine rings is 1. The van der Waals surface area contributed by atoms with Crippen LogP contribution < -0.4 is 21.9 Å². The van der Waals surface area contributed by atoms with Crippen LogP contribution in [0.3, 0.4) is 0 Å². The number of guanidine groups is 1. The molecule has 0 aliphatic rings. The maximum atomic E-state index is 13.6. The van der Waals surface area contributed by atoms with Crippen LogP contribution in [0.4, 0.5) is 8.78 Å². The number of aliphatic carboxylic acids is 1. The monoisotopic (exact) mass is 497 g/mol. The first-order valence-corrected chi connectivity index (χ1v) is 11.0. The van der Waals surface area contributed by atoms with Crippen molar-refractivity contribution in [1.82, 2.24) is 15.2 Å². The number of nitrogens with one attached hydrogen (secondary N) is 3. The van der Waals surface area contributed by atoms with E-state index in [1.807, 2.05) is 0 Å². The number of hydrogen-bond acceptors (Lipinski definition) is 4. The predicted molar refractivity (Wildman–Crippen MR) is 129 cm³/mol. The number of nitrogens with two attached hydrogens (primary N) is 1. The minimum atomic E-state index is -1.28. The number of carboxylic acids is 1. The second kappa shape index (κ2) is 11.7. The smallest absolute Gasteiger partial charge is 0.326 e. The van der Waals surface area contributed by atoms with Crippen LogP contribution in [-0.4, -0.2) is 40.1 Å². The predicted octanol–water partition coefficient (Wildman–Crippen LogP) is 2.21. The summed E-state index contributed by atoms with van der Waals surface area (Å²) < 4.78 is 28.4. The number of aromatic nitrogens is 1. The van der Waals surface area contributed by atoms with E-state index in [0.29, 0.717) is 17.5 Å². The zero-order valence-corrected chi connectivity index (χ0v) is 19.1. The summed E-state index contributed by atoms with van der Waals surface area (Å²) in [4.78, 5) is 37.9. The number of amides is 1. The van der Waals surface area contributed by atoms with Gasteiger partial charge in [0.2, 0.25) is 0 Å². The van der Waals surface area contributed by atoms with Gasteiger partial charge in [-0.15, -0.1) is 0 Å². The molecule has 1 heterocycles. The standard InChI is InChI=1S/C25H25F2N5O4/c26-17-9-5-15(6-10-17)21(16-7-11-18(27)12-8-16)32-14-2-3-19(23(32)34)22(33)31-20(24(35)36)4-1-13-30-25(28)29/h2-3,5-12,14,20-21H,1,4,13H2,(H,31,33)(H,35,36)(H4,28,29,30)/t20-/m0/s1. The highest BCUT2D eigenvalue weighted by Gasteiger charge is 2.24. The summed E-state index contributed by atoms with van der Waals surface area (Å²) in [6.07, 6.45) is 1.78. The van der Waals surface area contributed by atoms with Gasteiger partial charge in [0, 0.05) is 12.7 Å². The lowest BCUT2D eigenvalue weighted by molar-refractivity contribution is -0.139. The topological polar surface area (TPSA) is 150 Å². The van der Waals surface area contributed by atoms with E-state index in [2.05, 4.69) is 10.6 Å². The fraction of sp³-hybridized carbons (Fsp3) is 0.200. The van der Waals surface area contributed by atoms with Crippen LogP contribution in [-0.2, 0) is 4.79 Å². The quantitative estimate of drug-likeness (QED) is 0.165. The van der Waals surface area contributed by atoms with Crippen LogP contribution in [0.25, 0.3) is 0 Å². The van der Waals surface area contributed by atoms with Gasteiger partial charge in [-0.05, 0) is 60.4 Å². The Morgan fingerprint density at radius 1 is 1.00 bits per heavy atom. The van der Waals surface area contributed by atoms with Gasteiger partial charge in [0.05, 0.1) is 6.04 Å². The van der Waals surface area contributed by atoms with Gasteiger partial charge in [0.1, 0.15) is 23.2 Å². The average molecular weight is 498 g/mol. The summed E-state index contributed by atoms with van der Waals surface area (Å²) in [7, 11) is 0. The van der Waals surface area contributed by atoms with Gasteiger partial charge >= 0.3 is 5.97 Å². The molecule has 9 nitrogen and oxygen atoms in total. The molecule has 188 valence electrons. The molecule has 0 saturated carbocycles. The molecular weight excluding hydrogens is 472 g/mol. The Hall–Kier alpha value is -4.54. The van der Waals surface area contributed by atoms with Gasteiger partial charge in [0.25, 0.3) is 11.5 Å². The lowest BCUT2D eigenvalue weighted by Crippen LogP contribution is -2.44. The van der Waals surface area contributed by atoms with Gasteiger partial charge in [-0.2, -0.15) is 0 Å². The van der Waals surface area contributed by atoms with Crippen LogP contribution in [0, 0.1) is 17.0 Å². The Kier molecular flexibility index (Phi) is 8.50. The first-order valence-electron chi connectivity index (χ1n) is 11.0. The summed E-state index contributed by atoms with van der Waals surface area (Å²) in [5.74, 6) is -3.37. The molecule has 0 spiro atoms. The van der Waals surface area contributed by atoms with E-state index in [4.69, 9.17) is 11.1 Å². The molecule has 3 rings (SSSR count). The number of carbonyl (C=O) groups excluding carboxylic acids is 1. The molecule has 0 aliphatic heterocycles. The van der Waals surface area contributed by atoms with Crippen molar-refractivity contribution in [2.45, 2.75) is 24.9 Å². The second-order valence-corrected chi connectivity index (χ2v) is 7.99. The number of hydrogen-bond donors (Lipinski definition) is 5. The summed E-state index contributed by atoms with van der Waals surface area (Å²) in [5, 5.41) is 21.5. The Bertz CT molecular complexity index is 1250. The van der Waals surface area contributed by atoms with Crippen LogP contribution in [0.15, 0.2) is 71.7 Å². The Balaban J connectivity index is 1.93. The van der Waals surface area contributed by atoms with Gasteiger partial charge in [0.15, 0.2) is 5.96 Å². The first kappa shape index (κ1) is 26.1. The average Bonchev–Trinajstić information content (AvgIpc) is 2.84. The van der Waals surface area contributed by atoms with Crippen LogP contribution in [0.1, 0.15) is 40.4 Å². The highest BCUT2D eigenvalue weighted by molar-refractivity contribution is 5.96. The lowest BCUT2D eigenvalue weighted by atomic mass is 9.98. The molecule has 3 aromatic rings. The molecule has 1 amide bonds. The van der Waals surface area contributed by atoms with E-state index >= 15 is 0 Å². The Labute approximate surface area is 205 Å². The lowest BCUT2D eigenvalue weighted by Gasteiger charge is -2.22. The molecule has 0 unspecified atom stereocenters. The fourth-order valence-electron chi connectivity index (χ4n) is 3.71. The highest BCUT2D eigenvalue weighted by Crippen LogP contribution is 2.26. The zero-order valence-electron chi connectivity index (χ0n) is 19.1. The molecule has 0 saturated heterocycles. The third kappa shape index (κ3) is 6.53. The molecule has 0 bridgehead atoms. The number of halogens is 2. The van der Waals surface area contributed by atoms with Crippen molar-refractivity contribution in [3.8, 4) is 0 Å². The Morgan fingerprint density at radius 3 is 2.06 bits per heavy atom. The number of rotatable bonds is 10. The molecule has 0 radical (unpaired) electrons. The van der Waals surface area contributed by atoms with E-state index in [-0.39, 0.29) is 24.5 Å². The van der Waals surface area contributed by atoms with Crippen LogP contribution >= 0.6 is 0 Å². The van der Waals surface area contributed by atoms with Crippen molar-refractivity contribution in [1.29, 1.82) is 5.41 Å². The maximum Gasteiger partial charge on any atom is 0.326 e. The van der Waals surface area contributed by atoms with Gasteiger partial charge < -0.3 is 26.0 Å². The fourth-order valence-corrected chi connectivity index (χ4v) is 3.71. The normalized spacial score (nSPS) is 11.6. The molecule has 2 aromatic carbocycles. The Morgan fingerprint density at radius 2 is 1.56 bits per heavy atom. The molecule has 36 heavy (non-hydrogen) atoms. The molecule has 6 N–H and O–H groups in total. The van der Waals surface area contributed by atoms with Crippen molar-refractivity contribution < 1.29 is 23.5 Å². The minimum absolute atomic E-state index is 0.0379. The highest BCUT2D eigenvalue weighted by atomic mass is 19.1. The summed E-state index contributed by atoms with van der Waals surface area (Å²) in [6.45, 7) is 0.240. The molecular formula is C25H25F2N5O4. The molecule has 1 atom stereocenters. The van der Waals surface area contributed by atoms with Crippen molar-refractivity contribution in [3.05, 3.63) is 106 Å². The summed E-state index contributed by atoms with van der Waals surface area (Å²) in [5.41, 5.74) is 5.22. The molecule has 0 aliphatic carbocycles. The third-order valence-corrected chi connectivity index (χ3v) is 5.46. The van der Waals surface area contributed by atoms with Gasteiger partial charge in [-0.1, -0.05) is 24.3 Å². The number of benzene rings is 2. The SMILES string of the molecule is N=C(N)NCCC[C@H](NC(=O)c1cccn(C(c2ccc(F)cc2)c2ccc(F)cc2)c1=O)C(=O)O. The van der Waals surface area contributed by atoms with Crippen LogP contribution in [0.5, 0.6) is 0 Å². The van der Waals surface area contributed by atoms with E-state index in [9.17, 15) is 28.3 Å². The minimum Gasteiger partial charge on any atom is -0.480 e. The van der Waals surface area contributed by atoms with Gasteiger partial charge in [-0.3, -0.25) is 15.0 Å². The van der Waals surface area contributed by atoms with E-state index in [1.54, 1.807) is 0 Å². The van der Waals surface area contributed by atoms with Gasteiger partial charge in [-0.25, -0.2) is 13.6 Å². The van der Waals surface area contributed by atoms with Crippen LogP contribution in [0.2, 0.25) is 0 Å². The van der Waals surface area contributed by atoms with E-state index in [0.717, 1.165) is 0 Å².